The van der Waals surface area contributed by atoms with E-state index in [0.29, 0.717) is 6.61 Å². The lowest BCUT2D eigenvalue weighted by Crippen LogP contribution is -2.17. The van der Waals surface area contributed by atoms with Crippen molar-refractivity contribution in [2.75, 3.05) is 6.54 Å². The van der Waals surface area contributed by atoms with Crippen LogP contribution in [0.2, 0.25) is 0 Å². The third-order valence-corrected chi connectivity index (χ3v) is 5.95. The van der Waals surface area contributed by atoms with Gasteiger partial charge in [-0.15, -0.1) is 12.4 Å². The van der Waals surface area contributed by atoms with Crippen molar-refractivity contribution in [2.24, 2.45) is 5.14 Å². The van der Waals surface area contributed by atoms with E-state index in [0.717, 1.165) is 46.4 Å². The second-order valence-corrected chi connectivity index (χ2v) is 9.07. The molecule has 0 unspecified atom stereocenters. The molecule has 0 amide bonds. The predicted octanol–water partition coefficient (Wildman–Crippen LogP) is 4.43. The summed E-state index contributed by atoms with van der Waals surface area (Å²) >= 11 is 3.58. The Labute approximate surface area is 192 Å². The summed E-state index contributed by atoms with van der Waals surface area (Å²) in [5, 5.41) is 8.51. The Balaban J connectivity index is 0.00000320. The highest BCUT2D eigenvalue weighted by Gasteiger charge is 2.07. The summed E-state index contributed by atoms with van der Waals surface area (Å²) in [7, 11) is -3.64. The van der Waals surface area contributed by atoms with Crippen LogP contribution in [0.3, 0.4) is 0 Å². The van der Waals surface area contributed by atoms with E-state index in [-0.39, 0.29) is 17.3 Å². The normalized spacial score (nSPS) is 11.0. The van der Waals surface area contributed by atoms with Gasteiger partial charge in [0, 0.05) is 6.54 Å². The van der Waals surface area contributed by atoms with Gasteiger partial charge in [0.1, 0.15) is 12.4 Å². The summed E-state index contributed by atoms with van der Waals surface area (Å²) < 4.78 is 29.4. The standard InChI is InChI=1S/C22H23BrN2O3S.ClH/c23-21-14-19(8-11-22(21)28-16-18-4-2-1-3-5-18)15-25-13-12-17-6-9-20(10-7-17)29(24,26)27;/h1-11,14,25H,12-13,15-16H2,(H2,24,26,27);1H. The van der Waals surface area contributed by atoms with E-state index in [2.05, 4.69) is 21.2 Å². The molecule has 0 atom stereocenters. The zero-order chi connectivity index (χ0) is 20.7. The monoisotopic (exact) mass is 510 g/mol. The Morgan fingerprint density at radius 2 is 1.57 bits per heavy atom. The zero-order valence-corrected chi connectivity index (χ0v) is 19.5. The first-order valence-electron chi connectivity index (χ1n) is 9.19. The van der Waals surface area contributed by atoms with E-state index in [1.165, 1.54) is 12.1 Å². The van der Waals surface area contributed by atoms with Crippen molar-refractivity contribution in [3.05, 3.63) is 94.0 Å². The van der Waals surface area contributed by atoms with Crippen LogP contribution >= 0.6 is 28.3 Å². The van der Waals surface area contributed by atoms with Crippen LogP contribution in [0.4, 0.5) is 0 Å². The SMILES string of the molecule is Cl.NS(=O)(=O)c1ccc(CCNCc2ccc(OCc3ccccc3)c(Br)c2)cc1. The number of sulfonamides is 1. The molecule has 30 heavy (non-hydrogen) atoms. The smallest absolute Gasteiger partial charge is 0.238 e. The molecule has 0 radical (unpaired) electrons. The van der Waals surface area contributed by atoms with Crippen LogP contribution in [0, 0.1) is 0 Å². The number of primary sulfonamides is 1. The molecule has 3 N–H and O–H groups in total. The fourth-order valence-corrected chi connectivity index (χ4v) is 3.87. The molecule has 8 heteroatoms. The highest BCUT2D eigenvalue weighted by Crippen LogP contribution is 2.26. The molecule has 0 saturated carbocycles. The van der Waals surface area contributed by atoms with Crippen LogP contribution in [-0.4, -0.2) is 15.0 Å². The summed E-state index contributed by atoms with van der Waals surface area (Å²) in [5.74, 6) is 0.813. The third-order valence-electron chi connectivity index (χ3n) is 4.40. The maximum Gasteiger partial charge on any atom is 0.238 e. The summed E-state index contributed by atoms with van der Waals surface area (Å²) in [6, 6.07) is 22.8. The van der Waals surface area contributed by atoms with E-state index in [9.17, 15) is 8.42 Å². The minimum Gasteiger partial charge on any atom is -0.488 e. The van der Waals surface area contributed by atoms with Crippen molar-refractivity contribution < 1.29 is 13.2 Å². The lowest BCUT2D eigenvalue weighted by atomic mass is 10.1. The molecule has 0 bridgehead atoms. The van der Waals surface area contributed by atoms with Gasteiger partial charge in [-0.1, -0.05) is 48.5 Å². The number of rotatable bonds is 9. The number of nitrogens with one attached hydrogen (secondary N) is 1. The van der Waals surface area contributed by atoms with Crippen LogP contribution in [0.15, 0.2) is 82.2 Å². The predicted molar refractivity (Wildman–Crippen MR) is 125 cm³/mol. The number of halogens is 2. The molecule has 160 valence electrons. The first-order valence-corrected chi connectivity index (χ1v) is 11.5. The van der Waals surface area contributed by atoms with Gasteiger partial charge >= 0.3 is 0 Å². The molecule has 3 aromatic carbocycles. The van der Waals surface area contributed by atoms with Gasteiger partial charge in [-0.3, -0.25) is 0 Å². The highest BCUT2D eigenvalue weighted by atomic mass is 79.9. The highest BCUT2D eigenvalue weighted by molar-refractivity contribution is 9.10. The lowest BCUT2D eigenvalue weighted by Gasteiger charge is -2.11. The minimum atomic E-state index is -3.64. The topological polar surface area (TPSA) is 81.4 Å². The molecule has 0 fully saturated rings. The van der Waals surface area contributed by atoms with Crippen molar-refractivity contribution in [3.63, 3.8) is 0 Å². The van der Waals surface area contributed by atoms with E-state index in [1.807, 2.05) is 48.5 Å². The molecule has 0 aliphatic carbocycles. The Morgan fingerprint density at radius 1 is 0.900 bits per heavy atom. The summed E-state index contributed by atoms with van der Waals surface area (Å²) in [6.07, 6.45) is 0.796. The van der Waals surface area contributed by atoms with Gasteiger partial charge < -0.3 is 10.1 Å². The first kappa shape index (κ1) is 24.4. The average molecular weight is 512 g/mol. The lowest BCUT2D eigenvalue weighted by molar-refractivity contribution is 0.304. The molecular weight excluding hydrogens is 488 g/mol. The molecule has 0 aliphatic rings. The second-order valence-electron chi connectivity index (χ2n) is 6.65. The van der Waals surface area contributed by atoms with Crippen molar-refractivity contribution in [1.29, 1.82) is 0 Å². The number of nitrogens with two attached hydrogens (primary N) is 1. The summed E-state index contributed by atoms with van der Waals surface area (Å²) in [5.41, 5.74) is 3.33. The van der Waals surface area contributed by atoms with Crippen molar-refractivity contribution in [1.82, 2.24) is 5.32 Å². The largest absolute Gasteiger partial charge is 0.488 e. The van der Waals surface area contributed by atoms with E-state index in [4.69, 9.17) is 9.88 Å². The molecule has 0 aromatic heterocycles. The fraction of sp³-hybridized carbons (Fsp3) is 0.182. The maximum absolute atomic E-state index is 11.3. The van der Waals surface area contributed by atoms with Crippen LogP contribution in [0.25, 0.3) is 0 Å². The Kier molecular flexibility index (Phi) is 9.33. The van der Waals surface area contributed by atoms with Gasteiger partial charge in [-0.05, 0) is 69.9 Å². The molecule has 0 saturated heterocycles. The van der Waals surface area contributed by atoms with Crippen LogP contribution in [0.1, 0.15) is 16.7 Å². The number of ether oxygens (including phenoxy) is 1. The molecular formula is C22H24BrClN2O3S. The average Bonchev–Trinajstić information content (AvgIpc) is 2.71. The van der Waals surface area contributed by atoms with Gasteiger partial charge in [0.2, 0.25) is 10.0 Å². The fourth-order valence-electron chi connectivity index (χ4n) is 2.82. The molecule has 0 spiro atoms. The van der Waals surface area contributed by atoms with E-state index < -0.39 is 10.0 Å². The number of benzene rings is 3. The second kappa shape index (κ2) is 11.5. The van der Waals surface area contributed by atoms with Crippen LogP contribution < -0.4 is 15.2 Å². The molecule has 3 rings (SSSR count). The van der Waals surface area contributed by atoms with Gasteiger partial charge in [0.25, 0.3) is 0 Å². The minimum absolute atomic E-state index is 0. The maximum atomic E-state index is 11.3. The first-order chi connectivity index (χ1) is 13.9. The van der Waals surface area contributed by atoms with Crippen LogP contribution in [-0.2, 0) is 29.6 Å². The summed E-state index contributed by atoms with van der Waals surface area (Å²) in [6.45, 7) is 2.03. The quantitative estimate of drug-likeness (QED) is 0.417. The van der Waals surface area contributed by atoms with Gasteiger partial charge in [-0.2, -0.15) is 0 Å². The van der Waals surface area contributed by atoms with Crippen molar-refractivity contribution in [2.45, 2.75) is 24.5 Å². The molecule has 5 nitrogen and oxygen atoms in total. The van der Waals surface area contributed by atoms with Gasteiger partial charge in [-0.25, -0.2) is 13.6 Å². The van der Waals surface area contributed by atoms with E-state index in [1.54, 1.807) is 12.1 Å². The summed E-state index contributed by atoms with van der Waals surface area (Å²) in [4.78, 5) is 0.133. The van der Waals surface area contributed by atoms with E-state index >= 15 is 0 Å². The molecule has 0 aliphatic heterocycles. The number of hydrogen-bond donors (Lipinski definition) is 2. The Bertz CT molecular complexity index is 1050. The third kappa shape index (κ3) is 7.41. The number of hydrogen-bond acceptors (Lipinski definition) is 4. The van der Waals surface area contributed by atoms with Crippen molar-refractivity contribution >= 4 is 38.4 Å². The Morgan fingerprint density at radius 3 is 2.20 bits per heavy atom. The van der Waals surface area contributed by atoms with Crippen molar-refractivity contribution in [3.8, 4) is 5.75 Å². The zero-order valence-electron chi connectivity index (χ0n) is 16.3. The molecule has 0 heterocycles. The Hall–Kier alpha value is -1.90. The molecule has 3 aromatic rings. The van der Waals surface area contributed by atoms with Gasteiger partial charge in [0.05, 0.1) is 9.37 Å². The van der Waals surface area contributed by atoms with Gasteiger partial charge in [0.15, 0.2) is 0 Å². The van der Waals surface area contributed by atoms with Crippen LogP contribution in [0.5, 0.6) is 5.75 Å².